The zero-order valence-corrected chi connectivity index (χ0v) is 14.1. The van der Waals surface area contributed by atoms with Gasteiger partial charge in [0.2, 0.25) is 0 Å². The number of fused-ring (bicyclic) bond motifs is 1. The fourth-order valence-electron chi connectivity index (χ4n) is 3.16. The molecule has 1 aliphatic heterocycles. The molecule has 0 radical (unpaired) electrons. The van der Waals surface area contributed by atoms with E-state index in [1.54, 1.807) is 12.3 Å². The van der Waals surface area contributed by atoms with Crippen molar-refractivity contribution in [3.8, 4) is 16.9 Å². The van der Waals surface area contributed by atoms with Crippen molar-refractivity contribution in [3.63, 3.8) is 0 Å². The number of nitrogens with two attached hydrogens (primary N) is 1. The highest BCUT2D eigenvalue weighted by Crippen LogP contribution is 2.33. The summed E-state index contributed by atoms with van der Waals surface area (Å²) in [6.45, 7) is 1.41. The molecular weight excluding hydrogens is 334 g/mol. The summed E-state index contributed by atoms with van der Waals surface area (Å²) in [5.74, 6) is -0.351. The molecule has 1 aromatic carbocycles. The largest absolute Gasteiger partial charge is 0.488 e. The van der Waals surface area contributed by atoms with Crippen LogP contribution in [0.2, 0.25) is 0 Å². The van der Waals surface area contributed by atoms with Crippen LogP contribution in [0.25, 0.3) is 22.2 Å². The molecule has 0 bridgehead atoms. The molecule has 3 heterocycles. The van der Waals surface area contributed by atoms with E-state index in [0.29, 0.717) is 30.3 Å². The lowest BCUT2D eigenvalue weighted by molar-refractivity contribution is 0.0258. The zero-order valence-electron chi connectivity index (χ0n) is 14.1. The van der Waals surface area contributed by atoms with Crippen molar-refractivity contribution in [3.05, 3.63) is 42.2 Å². The number of anilines is 1. The van der Waals surface area contributed by atoms with Crippen LogP contribution in [-0.4, -0.2) is 40.4 Å². The standard InChI is InChI=1S/C19H19N3O4/c20-16-8-11(1-2-17(16)26-13-3-5-25-6-4-13)15-10-22-18-14(15)7-12(9-21-18)19(23)24/h1-2,7-10,13H,3-6,20H2,(H,21,22)(H,23,24). The molecule has 1 aliphatic rings. The normalized spacial score (nSPS) is 15.2. The van der Waals surface area contributed by atoms with Gasteiger partial charge in [0.15, 0.2) is 0 Å². The summed E-state index contributed by atoms with van der Waals surface area (Å²) in [6.07, 6.45) is 4.97. The quantitative estimate of drug-likeness (QED) is 0.622. The van der Waals surface area contributed by atoms with E-state index in [1.165, 1.54) is 6.20 Å². The zero-order chi connectivity index (χ0) is 18.1. The Morgan fingerprint density at radius 2 is 2.12 bits per heavy atom. The molecule has 2 aromatic heterocycles. The third kappa shape index (κ3) is 3.09. The lowest BCUT2D eigenvalue weighted by Crippen LogP contribution is -2.26. The molecule has 0 aliphatic carbocycles. The van der Waals surface area contributed by atoms with Crippen LogP contribution in [0.4, 0.5) is 5.69 Å². The fraction of sp³-hybridized carbons (Fsp3) is 0.263. The first-order valence-electron chi connectivity index (χ1n) is 8.46. The van der Waals surface area contributed by atoms with Gasteiger partial charge in [-0.05, 0) is 23.8 Å². The second-order valence-electron chi connectivity index (χ2n) is 6.31. The monoisotopic (exact) mass is 353 g/mol. The average molecular weight is 353 g/mol. The van der Waals surface area contributed by atoms with Crippen LogP contribution in [0.3, 0.4) is 0 Å². The van der Waals surface area contributed by atoms with Crippen molar-refractivity contribution < 1.29 is 19.4 Å². The van der Waals surface area contributed by atoms with E-state index in [0.717, 1.165) is 29.4 Å². The number of ether oxygens (including phenoxy) is 2. The van der Waals surface area contributed by atoms with Crippen LogP contribution in [-0.2, 0) is 4.74 Å². The number of benzene rings is 1. The molecule has 7 nitrogen and oxygen atoms in total. The highest BCUT2D eigenvalue weighted by Gasteiger charge is 2.17. The van der Waals surface area contributed by atoms with E-state index in [1.807, 2.05) is 18.2 Å². The molecular formula is C19H19N3O4. The lowest BCUT2D eigenvalue weighted by Gasteiger charge is -2.24. The maximum Gasteiger partial charge on any atom is 0.337 e. The van der Waals surface area contributed by atoms with Crippen LogP contribution in [0.1, 0.15) is 23.2 Å². The summed E-state index contributed by atoms with van der Waals surface area (Å²) in [4.78, 5) is 18.4. The Morgan fingerprint density at radius 3 is 2.85 bits per heavy atom. The highest BCUT2D eigenvalue weighted by atomic mass is 16.5. The topological polar surface area (TPSA) is 110 Å². The Morgan fingerprint density at radius 1 is 1.31 bits per heavy atom. The molecule has 26 heavy (non-hydrogen) atoms. The van der Waals surface area contributed by atoms with Gasteiger partial charge in [-0.3, -0.25) is 0 Å². The predicted octanol–water partition coefficient (Wildman–Crippen LogP) is 3.07. The van der Waals surface area contributed by atoms with Crippen molar-refractivity contribution >= 4 is 22.7 Å². The van der Waals surface area contributed by atoms with E-state index in [2.05, 4.69) is 9.97 Å². The molecule has 0 amide bonds. The molecule has 7 heteroatoms. The van der Waals surface area contributed by atoms with E-state index in [9.17, 15) is 9.90 Å². The van der Waals surface area contributed by atoms with Crippen molar-refractivity contribution in [2.75, 3.05) is 18.9 Å². The second-order valence-corrected chi connectivity index (χ2v) is 6.31. The fourth-order valence-corrected chi connectivity index (χ4v) is 3.16. The minimum Gasteiger partial charge on any atom is -0.488 e. The number of nitrogens with one attached hydrogen (secondary N) is 1. The molecule has 0 spiro atoms. The van der Waals surface area contributed by atoms with Gasteiger partial charge >= 0.3 is 5.97 Å². The van der Waals surface area contributed by atoms with Crippen LogP contribution < -0.4 is 10.5 Å². The van der Waals surface area contributed by atoms with Crippen LogP contribution in [0, 0.1) is 0 Å². The number of carbonyl (C=O) groups is 1. The summed E-state index contributed by atoms with van der Waals surface area (Å²) in [5.41, 5.74) is 9.23. The molecule has 0 unspecified atom stereocenters. The van der Waals surface area contributed by atoms with Crippen LogP contribution >= 0.6 is 0 Å². The second kappa shape index (κ2) is 6.68. The van der Waals surface area contributed by atoms with E-state index >= 15 is 0 Å². The van der Waals surface area contributed by atoms with Crippen molar-refractivity contribution in [1.29, 1.82) is 0 Å². The van der Waals surface area contributed by atoms with Gasteiger partial charge < -0.3 is 25.3 Å². The number of carboxylic acid groups (broad SMARTS) is 1. The molecule has 134 valence electrons. The van der Waals surface area contributed by atoms with Crippen LogP contribution in [0.5, 0.6) is 5.75 Å². The number of carboxylic acids is 1. The Balaban J connectivity index is 1.65. The highest BCUT2D eigenvalue weighted by molar-refractivity contribution is 5.99. The summed E-state index contributed by atoms with van der Waals surface area (Å²) < 4.78 is 11.3. The molecule has 1 saturated heterocycles. The first-order valence-corrected chi connectivity index (χ1v) is 8.46. The summed E-state index contributed by atoms with van der Waals surface area (Å²) in [7, 11) is 0. The Hall–Kier alpha value is -3.06. The maximum atomic E-state index is 11.2. The smallest absolute Gasteiger partial charge is 0.337 e. The number of nitrogen functional groups attached to an aromatic ring is 1. The Kier molecular flexibility index (Phi) is 4.22. The number of aromatic carboxylic acids is 1. The molecule has 3 aromatic rings. The van der Waals surface area contributed by atoms with E-state index in [-0.39, 0.29) is 11.7 Å². The van der Waals surface area contributed by atoms with Gasteiger partial charge in [-0.25, -0.2) is 9.78 Å². The van der Waals surface area contributed by atoms with Crippen LogP contribution in [0.15, 0.2) is 36.7 Å². The molecule has 0 saturated carbocycles. The molecule has 4 N–H and O–H groups in total. The van der Waals surface area contributed by atoms with Gasteiger partial charge in [-0.1, -0.05) is 6.07 Å². The first kappa shape index (κ1) is 16.4. The number of hydrogen-bond acceptors (Lipinski definition) is 5. The van der Waals surface area contributed by atoms with E-state index in [4.69, 9.17) is 15.2 Å². The number of H-pyrrole nitrogens is 1. The minimum absolute atomic E-state index is 0.118. The average Bonchev–Trinajstić information content (AvgIpc) is 3.07. The minimum atomic E-state index is -1.01. The predicted molar refractivity (Wildman–Crippen MR) is 97.4 cm³/mol. The SMILES string of the molecule is Nc1cc(-c2c[nH]c3ncc(C(=O)O)cc23)ccc1OC1CCOCC1. The maximum absolute atomic E-state index is 11.2. The number of hydrogen-bond donors (Lipinski definition) is 3. The third-order valence-corrected chi connectivity index (χ3v) is 4.56. The van der Waals surface area contributed by atoms with Crippen molar-refractivity contribution in [2.24, 2.45) is 0 Å². The Labute approximate surface area is 149 Å². The van der Waals surface area contributed by atoms with Crippen molar-refractivity contribution in [2.45, 2.75) is 18.9 Å². The lowest BCUT2D eigenvalue weighted by atomic mass is 10.0. The molecule has 1 fully saturated rings. The number of rotatable bonds is 4. The van der Waals surface area contributed by atoms with Gasteiger partial charge in [-0.15, -0.1) is 0 Å². The van der Waals surface area contributed by atoms with E-state index < -0.39 is 5.97 Å². The number of aromatic amines is 1. The molecule has 4 rings (SSSR count). The summed E-state index contributed by atoms with van der Waals surface area (Å²) in [5, 5.41) is 9.92. The Bertz CT molecular complexity index is 961. The van der Waals surface area contributed by atoms with Gasteiger partial charge in [0.05, 0.1) is 24.5 Å². The van der Waals surface area contributed by atoms with Crippen molar-refractivity contribution in [1.82, 2.24) is 9.97 Å². The summed E-state index contributed by atoms with van der Waals surface area (Å²) in [6, 6.07) is 7.22. The summed E-state index contributed by atoms with van der Waals surface area (Å²) >= 11 is 0. The first-order chi connectivity index (χ1) is 12.6. The third-order valence-electron chi connectivity index (χ3n) is 4.56. The number of nitrogens with zero attached hydrogens (tertiary/aromatic N) is 1. The molecule has 0 atom stereocenters. The van der Waals surface area contributed by atoms with Gasteiger partial charge in [-0.2, -0.15) is 0 Å². The van der Waals surface area contributed by atoms with Gasteiger partial charge in [0.25, 0.3) is 0 Å². The number of aromatic nitrogens is 2. The number of pyridine rings is 1. The van der Waals surface area contributed by atoms with Gasteiger partial charge in [0.1, 0.15) is 17.5 Å². The van der Waals surface area contributed by atoms with Gasteiger partial charge in [0, 0.05) is 36.2 Å².